The topological polar surface area (TPSA) is 62.2 Å². The van der Waals surface area contributed by atoms with Gasteiger partial charge in [-0.1, -0.05) is 67.1 Å². The van der Waals surface area contributed by atoms with E-state index in [0.29, 0.717) is 6.42 Å². The van der Waals surface area contributed by atoms with E-state index >= 15 is 0 Å². The molecule has 0 spiro atoms. The van der Waals surface area contributed by atoms with Crippen LogP contribution in [0.1, 0.15) is 52.8 Å². The summed E-state index contributed by atoms with van der Waals surface area (Å²) < 4.78 is 0. The van der Waals surface area contributed by atoms with Crippen molar-refractivity contribution in [2.24, 2.45) is 0 Å². The number of aromatic nitrogens is 1. The first-order chi connectivity index (χ1) is 13.1. The van der Waals surface area contributed by atoms with Crippen LogP contribution in [0.2, 0.25) is 0 Å². The number of benzene rings is 2. The number of carbonyl (C=O) groups excluding carboxylic acids is 1. The molecule has 3 unspecified atom stereocenters. The van der Waals surface area contributed by atoms with E-state index in [2.05, 4.69) is 55.2 Å². The highest BCUT2D eigenvalue weighted by molar-refractivity contribution is 7.09. The number of carbonyl (C=O) groups is 1. The van der Waals surface area contributed by atoms with E-state index in [0.717, 1.165) is 5.01 Å². The third-order valence-corrected chi connectivity index (χ3v) is 5.99. The highest BCUT2D eigenvalue weighted by Crippen LogP contribution is 2.40. The number of nitrogens with one attached hydrogen (secondary N) is 1. The molecule has 140 valence electrons. The first-order valence-corrected chi connectivity index (χ1v) is 9.93. The van der Waals surface area contributed by atoms with Crippen molar-refractivity contribution in [1.82, 2.24) is 10.5 Å². The van der Waals surface area contributed by atoms with Crippen LogP contribution in [0.4, 0.5) is 0 Å². The second-order valence-corrected chi connectivity index (χ2v) is 7.78. The Balaban J connectivity index is 1.98. The molecule has 3 rings (SSSR count). The minimum Gasteiger partial charge on any atom is -0.289 e. The van der Waals surface area contributed by atoms with Crippen molar-refractivity contribution in [3.05, 3.63) is 87.9 Å². The zero-order valence-corrected chi connectivity index (χ0v) is 16.3. The van der Waals surface area contributed by atoms with Gasteiger partial charge in [0, 0.05) is 11.6 Å². The number of thiazole rings is 1. The van der Waals surface area contributed by atoms with Gasteiger partial charge in [-0.3, -0.25) is 10.0 Å². The standard InChI is InChI=1S/C22H24N2O2S/c1-15-8-10-18(11-9-15)19(16(2)17-6-4-3-5-7-17)14-20(21(25)24-26)22-23-12-13-27-22/h3-13,16,19-20,26H,14H2,1-2H3,(H,24,25). The average Bonchev–Trinajstić information content (AvgIpc) is 3.24. The van der Waals surface area contributed by atoms with Crippen LogP contribution in [-0.2, 0) is 4.79 Å². The highest BCUT2D eigenvalue weighted by Gasteiger charge is 2.30. The molecule has 0 saturated carbocycles. The summed E-state index contributed by atoms with van der Waals surface area (Å²) in [5, 5.41) is 11.8. The van der Waals surface area contributed by atoms with Crippen molar-refractivity contribution in [2.45, 2.75) is 38.0 Å². The molecular weight excluding hydrogens is 356 g/mol. The van der Waals surface area contributed by atoms with E-state index in [1.807, 2.05) is 29.1 Å². The summed E-state index contributed by atoms with van der Waals surface area (Å²) in [5.41, 5.74) is 5.44. The third-order valence-electron chi connectivity index (χ3n) is 5.10. The van der Waals surface area contributed by atoms with Crippen LogP contribution in [-0.4, -0.2) is 16.1 Å². The molecule has 0 bridgehead atoms. The lowest BCUT2D eigenvalue weighted by Gasteiger charge is -2.28. The minimum absolute atomic E-state index is 0.110. The van der Waals surface area contributed by atoms with Crippen molar-refractivity contribution < 1.29 is 10.0 Å². The third kappa shape index (κ3) is 4.62. The lowest BCUT2D eigenvalue weighted by atomic mass is 9.77. The fraction of sp³-hybridized carbons (Fsp3) is 0.273. The van der Waals surface area contributed by atoms with Crippen molar-refractivity contribution >= 4 is 17.2 Å². The molecule has 0 fully saturated rings. The van der Waals surface area contributed by atoms with E-state index in [9.17, 15) is 10.0 Å². The van der Waals surface area contributed by atoms with Gasteiger partial charge in [-0.25, -0.2) is 10.5 Å². The lowest BCUT2D eigenvalue weighted by Crippen LogP contribution is -2.28. The predicted octanol–water partition coefficient (Wildman–Crippen LogP) is 5.02. The van der Waals surface area contributed by atoms with E-state index in [1.54, 1.807) is 6.20 Å². The van der Waals surface area contributed by atoms with Crippen LogP contribution in [0, 0.1) is 6.92 Å². The molecule has 27 heavy (non-hydrogen) atoms. The van der Waals surface area contributed by atoms with Gasteiger partial charge in [0.2, 0.25) is 0 Å². The molecule has 3 aromatic rings. The Morgan fingerprint density at radius 1 is 1.11 bits per heavy atom. The molecule has 0 aliphatic heterocycles. The molecule has 2 aromatic carbocycles. The van der Waals surface area contributed by atoms with E-state index in [1.165, 1.54) is 28.0 Å². The van der Waals surface area contributed by atoms with E-state index in [4.69, 9.17) is 0 Å². The van der Waals surface area contributed by atoms with E-state index in [-0.39, 0.29) is 11.8 Å². The molecule has 3 atom stereocenters. The number of aryl methyl sites for hydroxylation is 1. The molecule has 1 aromatic heterocycles. The number of hydrogen-bond acceptors (Lipinski definition) is 4. The second-order valence-electron chi connectivity index (χ2n) is 6.85. The average molecular weight is 381 g/mol. The Morgan fingerprint density at radius 2 is 1.81 bits per heavy atom. The maximum absolute atomic E-state index is 12.4. The van der Waals surface area contributed by atoms with Gasteiger partial charge in [0.1, 0.15) is 5.01 Å². The van der Waals surface area contributed by atoms with E-state index < -0.39 is 11.8 Å². The molecule has 5 heteroatoms. The SMILES string of the molecule is Cc1ccc(C(CC(C(=O)NO)c2nccs2)C(C)c2ccccc2)cc1. The normalized spacial score (nSPS) is 14.3. The molecule has 0 aliphatic rings. The number of hydroxylamine groups is 1. The molecule has 4 nitrogen and oxygen atoms in total. The van der Waals surface area contributed by atoms with Gasteiger partial charge in [-0.15, -0.1) is 11.3 Å². The fourth-order valence-electron chi connectivity index (χ4n) is 3.49. The minimum atomic E-state index is -0.493. The Kier molecular flexibility index (Phi) is 6.37. The van der Waals surface area contributed by atoms with Gasteiger partial charge in [0.25, 0.3) is 5.91 Å². The van der Waals surface area contributed by atoms with Crippen LogP contribution in [0.3, 0.4) is 0 Å². The highest BCUT2D eigenvalue weighted by atomic mass is 32.1. The van der Waals surface area contributed by atoms with Crippen LogP contribution >= 0.6 is 11.3 Å². The smallest absolute Gasteiger partial charge is 0.253 e. The first-order valence-electron chi connectivity index (χ1n) is 9.05. The summed E-state index contributed by atoms with van der Waals surface area (Å²) in [6.45, 7) is 4.26. The van der Waals surface area contributed by atoms with Gasteiger partial charge in [-0.05, 0) is 36.3 Å². The predicted molar refractivity (Wildman–Crippen MR) is 108 cm³/mol. The summed E-state index contributed by atoms with van der Waals surface area (Å²) in [4.78, 5) is 16.7. The lowest BCUT2D eigenvalue weighted by molar-refractivity contribution is -0.131. The van der Waals surface area contributed by atoms with Crippen molar-refractivity contribution in [3.8, 4) is 0 Å². The number of hydrogen-bond donors (Lipinski definition) is 2. The van der Waals surface area contributed by atoms with Crippen molar-refractivity contribution in [3.63, 3.8) is 0 Å². The molecule has 1 amide bonds. The number of rotatable bonds is 7. The van der Waals surface area contributed by atoms with Crippen molar-refractivity contribution in [1.29, 1.82) is 0 Å². The molecule has 2 N–H and O–H groups in total. The number of amides is 1. The summed E-state index contributed by atoms with van der Waals surface area (Å²) in [7, 11) is 0. The second kappa shape index (κ2) is 8.93. The van der Waals surface area contributed by atoms with Gasteiger partial charge >= 0.3 is 0 Å². The van der Waals surface area contributed by atoms with Crippen LogP contribution in [0.15, 0.2) is 66.2 Å². The zero-order valence-electron chi connectivity index (χ0n) is 15.5. The van der Waals surface area contributed by atoms with Gasteiger partial charge < -0.3 is 0 Å². The molecule has 0 aliphatic carbocycles. The molecular formula is C22H24N2O2S. The number of nitrogens with zero attached hydrogens (tertiary/aromatic N) is 1. The maximum Gasteiger partial charge on any atom is 0.253 e. The Hall–Kier alpha value is -2.50. The Labute approximate surface area is 163 Å². The quantitative estimate of drug-likeness (QED) is 0.447. The maximum atomic E-state index is 12.4. The summed E-state index contributed by atoms with van der Waals surface area (Å²) in [6, 6.07) is 18.8. The van der Waals surface area contributed by atoms with Gasteiger partial charge in [0.15, 0.2) is 0 Å². The Bertz CT molecular complexity index is 848. The largest absolute Gasteiger partial charge is 0.289 e. The summed E-state index contributed by atoms with van der Waals surface area (Å²) >= 11 is 1.44. The van der Waals surface area contributed by atoms with Crippen LogP contribution in [0.25, 0.3) is 0 Å². The molecule has 0 radical (unpaired) electrons. The monoisotopic (exact) mass is 380 g/mol. The van der Waals surface area contributed by atoms with Gasteiger partial charge in [-0.2, -0.15) is 0 Å². The van der Waals surface area contributed by atoms with Gasteiger partial charge in [0.05, 0.1) is 5.92 Å². The van der Waals surface area contributed by atoms with Crippen molar-refractivity contribution in [2.75, 3.05) is 0 Å². The summed E-state index contributed by atoms with van der Waals surface area (Å²) in [5.74, 6) is -0.586. The zero-order chi connectivity index (χ0) is 19.2. The van der Waals surface area contributed by atoms with Crippen LogP contribution in [0.5, 0.6) is 0 Å². The summed E-state index contributed by atoms with van der Waals surface area (Å²) in [6.07, 6.45) is 2.26. The first kappa shape index (κ1) is 19.3. The van der Waals surface area contributed by atoms with Crippen LogP contribution < -0.4 is 5.48 Å². The molecule has 0 saturated heterocycles. The molecule has 1 heterocycles. The Morgan fingerprint density at radius 3 is 2.41 bits per heavy atom. The fourth-order valence-corrected chi connectivity index (χ4v) is 4.24.